The third-order valence-electron chi connectivity index (χ3n) is 2.80. The van der Waals surface area contributed by atoms with Crippen LogP contribution in [-0.4, -0.2) is 40.1 Å². The van der Waals surface area contributed by atoms with E-state index in [2.05, 4.69) is 10.3 Å². The summed E-state index contributed by atoms with van der Waals surface area (Å²) in [7, 11) is 0. The van der Waals surface area contributed by atoms with Gasteiger partial charge in [-0.25, -0.2) is 14.6 Å². The molecule has 1 saturated heterocycles. The zero-order valence-electron chi connectivity index (χ0n) is 9.89. The number of nitrogens with one attached hydrogen (secondary N) is 1. The number of piperidine rings is 1. The summed E-state index contributed by atoms with van der Waals surface area (Å²) >= 11 is 1.24. The number of aromatic carboxylic acids is 1. The van der Waals surface area contributed by atoms with E-state index >= 15 is 0 Å². The number of amides is 2. The number of rotatable bonds is 3. The number of hydrogen-bond donors (Lipinski definition) is 2. The van der Waals surface area contributed by atoms with Crippen LogP contribution in [0.2, 0.25) is 0 Å². The molecule has 1 aromatic heterocycles. The zero-order chi connectivity index (χ0) is 13.0. The lowest BCUT2D eigenvalue weighted by molar-refractivity contribution is 0.0691. The number of carbonyl (C=O) groups is 2. The maximum Gasteiger partial charge on any atom is 0.355 e. The summed E-state index contributed by atoms with van der Waals surface area (Å²) < 4.78 is 0. The van der Waals surface area contributed by atoms with Gasteiger partial charge in [0.2, 0.25) is 0 Å². The van der Waals surface area contributed by atoms with Crippen LogP contribution in [0.5, 0.6) is 0 Å². The van der Waals surface area contributed by atoms with E-state index in [4.69, 9.17) is 5.11 Å². The van der Waals surface area contributed by atoms with Gasteiger partial charge >= 0.3 is 12.0 Å². The lowest BCUT2D eigenvalue weighted by atomic mass is 10.1. The largest absolute Gasteiger partial charge is 0.476 e. The van der Waals surface area contributed by atoms with Crippen molar-refractivity contribution in [1.29, 1.82) is 0 Å². The van der Waals surface area contributed by atoms with Crippen molar-refractivity contribution in [3.05, 3.63) is 16.1 Å². The molecular formula is C11H15N3O3S. The second kappa shape index (κ2) is 5.81. The van der Waals surface area contributed by atoms with Crippen LogP contribution in [0, 0.1) is 0 Å². The van der Waals surface area contributed by atoms with Crippen LogP contribution in [0.25, 0.3) is 0 Å². The molecule has 1 aliphatic heterocycles. The van der Waals surface area contributed by atoms with Crippen molar-refractivity contribution in [2.24, 2.45) is 0 Å². The smallest absolute Gasteiger partial charge is 0.355 e. The molecule has 0 saturated carbocycles. The van der Waals surface area contributed by atoms with Crippen molar-refractivity contribution < 1.29 is 14.7 Å². The first-order valence-corrected chi connectivity index (χ1v) is 6.75. The average Bonchev–Trinajstić information content (AvgIpc) is 2.86. The topological polar surface area (TPSA) is 82.5 Å². The Morgan fingerprint density at radius 2 is 2.11 bits per heavy atom. The molecular weight excluding hydrogens is 254 g/mol. The Hall–Kier alpha value is -1.63. The van der Waals surface area contributed by atoms with E-state index in [1.54, 1.807) is 4.90 Å². The van der Waals surface area contributed by atoms with Gasteiger partial charge < -0.3 is 15.3 Å². The van der Waals surface area contributed by atoms with Crippen LogP contribution in [0.15, 0.2) is 5.38 Å². The predicted molar refractivity (Wildman–Crippen MR) is 66.7 cm³/mol. The molecule has 0 atom stereocenters. The summed E-state index contributed by atoms with van der Waals surface area (Å²) in [6.45, 7) is 1.88. The number of urea groups is 1. The maximum absolute atomic E-state index is 11.8. The maximum atomic E-state index is 11.8. The monoisotopic (exact) mass is 269 g/mol. The molecule has 0 bridgehead atoms. The van der Waals surface area contributed by atoms with E-state index in [0.717, 1.165) is 25.9 Å². The first-order valence-electron chi connectivity index (χ1n) is 5.87. The fourth-order valence-corrected chi connectivity index (χ4v) is 2.56. The van der Waals surface area contributed by atoms with Gasteiger partial charge in [0.25, 0.3) is 0 Å². The molecule has 0 aliphatic carbocycles. The fourth-order valence-electron chi connectivity index (χ4n) is 1.85. The summed E-state index contributed by atoms with van der Waals surface area (Å²) in [5.74, 6) is -1.04. The molecule has 2 rings (SSSR count). The minimum Gasteiger partial charge on any atom is -0.476 e. The molecule has 1 aromatic rings. The number of carboxylic acids is 1. The Balaban J connectivity index is 1.82. The molecule has 1 fully saturated rings. The Morgan fingerprint density at radius 3 is 2.72 bits per heavy atom. The summed E-state index contributed by atoms with van der Waals surface area (Å²) in [5, 5.41) is 13.6. The van der Waals surface area contributed by atoms with Crippen LogP contribution in [0.4, 0.5) is 4.79 Å². The SMILES string of the molecule is O=C(O)c1csc(CNC(=O)N2CCCCC2)n1. The highest BCUT2D eigenvalue weighted by Gasteiger charge is 2.16. The summed E-state index contributed by atoms with van der Waals surface area (Å²) in [6, 6.07) is -0.0956. The molecule has 0 radical (unpaired) electrons. The van der Waals surface area contributed by atoms with E-state index in [1.165, 1.54) is 23.1 Å². The van der Waals surface area contributed by atoms with Crippen LogP contribution in [0.3, 0.4) is 0 Å². The van der Waals surface area contributed by atoms with Crippen molar-refractivity contribution in [3.63, 3.8) is 0 Å². The number of thiazole rings is 1. The molecule has 7 heteroatoms. The van der Waals surface area contributed by atoms with Gasteiger partial charge in [-0.2, -0.15) is 0 Å². The van der Waals surface area contributed by atoms with Gasteiger partial charge in [-0.3, -0.25) is 0 Å². The van der Waals surface area contributed by atoms with Gasteiger partial charge in [-0.1, -0.05) is 0 Å². The quantitative estimate of drug-likeness (QED) is 0.872. The highest BCUT2D eigenvalue weighted by molar-refractivity contribution is 7.09. The zero-order valence-corrected chi connectivity index (χ0v) is 10.7. The Morgan fingerprint density at radius 1 is 1.39 bits per heavy atom. The van der Waals surface area contributed by atoms with E-state index in [-0.39, 0.29) is 18.3 Å². The van der Waals surface area contributed by atoms with Crippen molar-refractivity contribution >= 4 is 23.3 Å². The van der Waals surface area contributed by atoms with Gasteiger partial charge in [0.1, 0.15) is 5.01 Å². The van der Waals surface area contributed by atoms with E-state index < -0.39 is 5.97 Å². The average molecular weight is 269 g/mol. The first kappa shape index (κ1) is 12.8. The lowest BCUT2D eigenvalue weighted by Crippen LogP contribution is -2.42. The predicted octanol–water partition coefficient (Wildman–Crippen LogP) is 1.54. The summed E-state index contributed by atoms with van der Waals surface area (Å²) in [4.78, 5) is 28.1. The number of nitrogens with zero attached hydrogens (tertiary/aromatic N) is 2. The second-order valence-electron chi connectivity index (χ2n) is 4.14. The van der Waals surface area contributed by atoms with Gasteiger partial charge in [-0.15, -0.1) is 11.3 Å². The van der Waals surface area contributed by atoms with Crippen LogP contribution >= 0.6 is 11.3 Å². The number of carbonyl (C=O) groups excluding carboxylic acids is 1. The third-order valence-corrected chi connectivity index (χ3v) is 3.65. The molecule has 98 valence electrons. The van der Waals surface area contributed by atoms with E-state index in [0.29, 0.717) is 5.01 Å². The van der Waals surface area contributed by atoms with E-state index in [9.17, 15) is 9.59 Å². The minimum atomic E-state index is -1.04. The number of likely N-dealkylation sites (tertiary alicyclic amines) is 1. The summed E-state index contributed by atoms with van der Waals surface area (Å²) in [5.41, 5.74) is 0.0298. The van der Waals surface area contributed by atoms with Gasteiger partial charge in [-0.05, 0) is 19.3 Å². The van der Waals surface area contributed by atoms with Crippen molar-refractivity contribution in [2.75, 3.05) is 13.1 Å². The fraction of sp³-hybridized carbons (Fsp3) is 0.545. The molecule has 6 nitrogen and oxygen atoms in total. The number of aromatic nitrogens is 1. The molecule has 1 aliphatic rings. The lowest BCUT2D eigenvalue weighted by Gasteiger charge is -2.26. The molecule has 0 aromatic carbocycles. The molecule has 0 unspecified atom stereocenters. The van der Waals surface area contributed by atoms with Gasteiger partial charge in [0.05, 0.1) is 6.54 Å². The number of hydrogen-bond acceptors (Lipinski definition) is 4. The third kappa shape index (κ3) is 3.19. The molecule has 2 amide bonds. The Bertz CT molecular complexity index is 440. The van der Waals surface area contributed by atoms with Gasteiger partial charge in [0, 0.05) is 18.5 Å². The van der Waals surface area contributed by atoms with Crippen LogP contribution in [-0.2, 0) is 6.54 Å². The number of carboxylic acid groups (broad SMARTS) is 1. The van der Waals surface area contributed by atoms with Crippen LogP contribution < -0.4 is 5.32 Å². The Labute approximate surface area is 109 Å². The van der Waals surface area contributed by atoms with Crippen molar-refractivity contribution in [1.82, 2.24) is 15.2 Å². The van der Waals surface area contributed by atoms with Crippen LogP contribution in [0.1, 0.15) is 34.8 Å². The summed E-state index contributed by atoms with van der Waals surface area (Å²) in [6.07, 6.45) is 3.28. The minimum absolute atomic E-state index is 0.0298. The highest BCUT2D eigenvalue weighted by atomic mass is 32.1. The molecule has 18 heavy (non-hydrogen) atoms. The van der Waals surface area contributed by atoms with Gasteiger partial charge in [0.15, 0.2) is 5.69 Å². The highest BCUT2D eigenvalue weighted by Crippen LogP contribution is 2.11. The molecule has 0 spiro atoms. The first-order chi connectivity index (χ1) is 8.66. The molecule has 2 heterocycles. The molecule has 2 N–H and O–H groups in total. The van der Waals surface area contributed by atoms with Crippen molar-refractivity contribution in [2.45, 2.75) is 25.8 Å². The second-order valence-corrected chi connectivity index (χ2v) is 5.08. The van der Waals surface area contributed by atoms with Crippen molar-refractivity contribution in [3.8, 4) is 0 Å². The Kier molecular flexibility index (Phi) is 4.14. The van der Waals surface area contributed by atoms with E-state index in [1.807, 2.05) is 0 Å². The normalized spacial score (nSPS) is 15.4. The standard InChI is InChI=1S/C11H15N3O3S/c15-10(16)8-7-18-9(13-8)6-12-11(17)14-4-2-1-3-5-14/h7H,1-6H2,(H,12,17)(H,15,16).